The highest BCUT2D eigenvalue weighted by Gasteiger charge is 2.28. The molecule has 1 atom stereocenters. The van der Waals surface area contributed by atoms with E-state index in [-0.39, 0.29) is 12.0 Å². The van der Waals surface area contributed by atoms with Crippen molar-refractivity contribution in [1.29, 1.82) is 0 Å². The van der Waals surface area contributed by atoms with Gasteiger partial charge in [-0.25, -0.2) is 4.79 Å². The number of aromatic amines is 1. The number of hydrogen-bond donors (Lipinski definition) is 2. The number of rotatable bonds is 6. The van der Waals surface area contributed by atoms with E-state index in [1.54, 1.807) is 49.0 Å². The zero-order valence-corrected chi connectivity index (χ0v) is 18.2. The first-order valence-electron chi connectivity index (χ1n) is 10.1. The molecule has 1 unspecified atom stereocenters. The molecule has 0 aliphatic carbocycles. The number of hydrogen-bond acceptors (Lipinski definition) is 6. The summed E-state index contributed by atoms with van der Waals surface area (Å²) in [6.45, 7) is 5.28. The summed E-state index contributed by atoms with van der Waals surface area (Å²) in [6, 6.07) is 4.50. The van der Waals surface area contributed by atoms with Crippen LogP contribution in [0, 0.1) is 0 Å². The predicted molar refractivity (Wildman–Crippen MR) is 114 cm³/mol. The van der Waals surface area contributed by atoms with Gasteiger partial charge in [-0.2, -0.15) is 0 Å². The van der Waals surface area contributed by atoms with Crippen molar-refractivity contribution in [2.45, 2.75) is 19.9 Å². The molecular formula is C21H28N4O6. The summed E-state index contributed by atoms with van der Waals surface area (Å²) in [5, 5.41) is 3.45. The van der Waals surface area contributed by atoms with Crippen molar-refractivity contribution in [3.63, 3.8) is 0 Å². The fourth-order valence-corrected chi connectivity index (χ4v) is 3.59. The second-order valence-corrected chi connectivity index (χ2v) is 7.15. The highest BCUT2D eigenvalue weighted by molar-refractivity contribution is 6.02. The highest BCUT2D eigenvalue weighted by Crippen LogP contribution is 2.35. The SMILES string of the molecule is CCOC(=O)N1CCN(C(=O)C(C)NC(=O)c2cc3c(OC)c(OC)ccc3[nH]2)CC1. The molecule has 0 spiro atoms. The quantitative estimate of drug-likeness (QED) is 0.717. The van der Waals surface area contributed by atoms with Crippen LogP contribution in [0.2, 0.25) is 0 Å². The van der Waals surface area contributed by atoms with Gasteiger partial charge in [-0.3, -0.25) is 9.59 Å². The normalized spacial score (nSPS) is 14.8. The average molecular weight is 432 g/mol. The Hall–Kier alpha value is -3.43. The zero-order valence-electron chi connectivity index (χ0n) is 18.2. The highest BCUT2D eigenvalue weighted by atomic mass is 16.6. The summed E-state index contributed by atoms with van der Waals surface area (Å²) in [4.78, 5) is 43.5. The monoisotopic (exact) mass is 432 g/mol. The first-order valence-corrected chi connectivity index (χ1v) is 10.1. The van der Waals surface area contributed by atoms with E-state index in [0.29, 0.717) is 55.4 Å². The number of methoxy groups -OCH3 is 2. The first kappa shape index (κ1) is 22.3. The molecule has 0 saturated carbocycles. The van der Waals surface area contributed by atoms with E-state index in [1.165, 1.54) is 7.11 Å². The third-order valence-electron chi connectivity index (χ3n) is 5.22. The molecular weight excluding hydrogens is 404 g/mol. The van der Waals surface area contributed by atoms with Crippen LogP contribution in [-0.4, -0.2) is 85.7 Å². The number of nitrogens with zero attached hydrogens (tertiary/aromatic N) is 2. The molecule has 31 heavy (non-hydrogen) atoms. The summed E-state index contributed by atoms with van der Waals surface area (Å²) >= 11 is 0. The van der Waals surface area contributed by atoms with Gasteiger partial charge in [0, 0.05) is 31.6 Å². The molecule has 1 aromatic heterocycles. The van der Waals surface area contributed by atoms with Crippen LogP contribution in [-0.2, 0) is 9.53 Å². The molecule has 3 amide bonds. The number of nitrogens with one attached hydrogen (secondary N) is 2. The number of fused-ring (bicyclic) bond motifs is 1. The van der Waals surface area contributed by atoms with E-state index in [0.717, 1.165) is 5.52 Å². The lowest BCUT2D eigenvalue weighted by Crippen LogP contribution is -2.55. The van der Waals surface area contributed by atoms with Crippen molar-refractivity contribution in [3.8, 4) is 11.5 Å². The van der Waals surface area contributed by atoms with E-state index >= 15 is 0 Å². The van der Waals surface area contributed by atoms with Crippen molar-refractivity contribution >= 4 is 28.8 Å². The van der Waals surface area contributed by atoms with Crippen LogP contribution >= 0.6 is 0 Å². The molecule has 2 heterocycles. The van der Waals surface area contributed by atoms with Gasteiger partial charge in [-0.1, -0.05) is 0 Å². The van der Waals surface area contributed by atoms with Crippen molar-refractivity contribution in [1.82, 2.24) is 20.1 Å². The Labute approximate surface area is 180 Å². The molecule has 1 aliphatic heterocycles. The summed E-state index contributed by atoms with van der Waals surface area (Å²) in [5.41, 5.74) is 1.03. The molecule has 0 radical (unpaired) electrons. The largest absolute Gasteiger partial charge is 0.493 e. The van der Waals surface area contributed by atoms with Gasteiger partial charge in [0.1, 0.15) is 11.7 Å². The Morgan fingerprint density at radius 2 is 1.77 bits per heavy atom. The molecule has 2 N–H and O–H groups in total. The van der Waals surface area contributed by atoms with Gasteiger partial charge in [0.25, 0.3) is 5.91 Å². The fraction of sp³-hybridized carbons (Fsp3) is 0.476. The molecule has 2 aromatic rings. The van der Waals surface area contributed by atoms with Crippen molar-refractivity contribution in [2.24, 2.45) is 0 Å². The minimum Gasteiger partial charge on any atom is -0.493 e. The Morgan fingerprint density at radius 1 is 1.10 bits per heavy atom. The lowest BCUT2D eigenvalue weighted by atomic mass is 10.2. The number of carbonyl (C=O) groups excluding carboxylic acids is 3. The third-order valence-corrected chi connectivity index (χ3v) is 5.22. The minimum absolute atomic E-state index is 0.202. The van der Waals surface area contributed by atoms with Crippen molar-refractivity contribution < 1.29 is 28.6 Å². The maximum atomic E-state index is 12.8. The number of piperazine rings is 1. The van der Waals surface area contributed by atoms with Gasteiger partial charge in [-0.05, 0) is 32.0 Å². The second-order valence-electron chi connectivity index (χ2n) is 7.15. The lowest BCUT2D eigenvalue weighted by Gasteiger charge is -2.35. The Bertz CT molecular complexity index is 964. The zero-order chi connectivity index (χ0) is 22.5. The predicted octanol–water partition coefficient (Wildman–Crippen LogP) is 1.60. The summed E-state index contributed by atoms with van der Waals surface area (Å²) in [7, 11) is 3.08. The fourth-order valence-electron chi connectivity index (χ4n) is 3.59. The molecule has 0 bridgehead atoms. The Kier molecular flexibility index (Phi) is 6.88. The van der Waals surface area contributed by atoms with Crippen LogP contribution < -0.4 is 14.8 Å². The van der Waals surface area contributed by atoms with Gasteiger partial charge < -0.3 is 34.3 Å². The molecule has 3 rings (SSSR count). The maximum absolute atomic E-state index is 12.8. The van der Waals surface area contributed by atoms with E-state index in [9.17, 15) is 14.4 Å². The lowest BCUT2D eigenvalue weighted by molar-refractivity contribution is -0.134. The molecule has 10 nitrogen and oxygen atoms in total. The smallest absolute Gasteiger partial charge is 0.409 e. The molecule has 168 valence electrons. The van der Waals surface area contributed by atoms with Crippen LogP contribution in [0.3, 0.4) is 0 Å². The van der Waals surface area contributed by atoms with Crippen LogP contribution in [0.5, 0.6) is 11.5 Å². The number of amides is 3. The standard InChI is InChI=1S/C21H28N4O6/c1-5-31-21(28)25-10-8-24(9-11-25)20(27)13(2)22-19(26)16-12-14-15(23-16)6-7-17(29-3)18(14)30-4/h6-7,12-13,23H,5,8-11H2,1-4H3,(H,22,26). The summed E-state index contributed by atoms with van der Waals surface area (Å²) in [6.07, 6.45) is -0.373. The van der Waals surface area contributed by atoms with Crippen molar-refractivity contribution in [3.05, 3.63) is 23.9 Å². The molecule has 1 aliphatic rings. The second kappa shape index (κ2) is 9.59. The van der Waals surface area contributed by atoms with Gasteiger partial charge in [-0.15, -0.1) is 0 Å². The van der Waals surface area contributed by atoms with Crippen molar-refractivity contribution in [2.75, 3.05) is 47.0 Å². The van der Waals surface area contributed by atoms with E-state index in [1.807, 2.05) is 0 Å². The van der Waals surface area contributed by atoms with Gasteiger partial charge in [0.15, 0.2) is 11.5 Å². The van der Waals surface area contributed by atoms with Crippen LogP contribution in [0.15, 0.2) is 18.2 Å². The number of ether oxygens (including phenoxy) is 3. The van der Waals surface area contributed by atoms with E-state index < -0.39 is 11.9 Å². The van der Waals surface area contributed by atoms with E-state index in [2.05, 4.69) is 10.3 Å². The van der Waals surface area contributed by atoms with Gasteiger partial charge >= 0.3 is 6.09 Å². The maximum Gasteiger partial charge on any atom is 0.409 e. The van der Waals surface area contributed by atoms with Crippen LogP contribution in [0.1, 0.15) is 24.3 Å². The number of benzene rings is 1. The Balaban J connectivity index is 1.63. The minimum atomic E-state index is -0.718. The Morgan fingerprint density at radius 3 is 2.39 bits per heavy atom. The number of aromatic nitrogens is 1. The number of carbonyl (C=O) groups is 3. The van der Waals surface area contributed by atoms with Crippen LogP contribution in [0.25, 0.3) is 10.9 Å². The average Bonchev–Trinajstić information content (AvgIpc) is 3.22. The topological polar surface area (TPSA) is 113 Å². The first-order chi connectivity index (χ1) is 14.9. The number of H-pyrrole nitrogens is 1. The molecule has 1 saturated heterocycles. The van der Waals surface area contributed by atoms with Gasteiger partial charge in [0.2, 0.25) is 5.91 Å². The molecule has 1 fully saturated rings. The third kappa shape index (κ3) is 4.68. The summed E-state index contributed by atoms with van der Waals surface area (Å²) in [5.74, 6) is 0.487. The van der Waals surface area contributed by atoms with Gasteiger partial charge in [0.05, 0.1) is 26.3 Å². The van der Waals surface area contributed by atoms with Crippen LogP contribution in [0.4, 0.5) is 4.79 Å². The van der Waals surface area contributed by atoms with E-state index in [4.69, 9.17) is 14.2 Å². The molecule has 1 aromatic carbocycles. The molecule has 10 heteroatoms. The summed E-state index contributed by atoms with van der Waals surface area (Å²) < 4.78 is 15.7.